The number of imide groups is 8. The van der Waals surface area contributed by atoms with Gasteiger partial charge < -0.3 is 26.0 Å². The van der Waals surface area contributed by atoms with Gasteiger partial charge in [0.2, 0.25) is 0 Å². The number of aromatic hydroxyl groups is 1. The Morgan fingerprint density at radius 1 is 0.266 bits per heavy atom. The van der Waals surface area contributed by atoms with Crippen LogP contribution >= 0.6 is 0 Å². The Hall–Kier alpha value is -19.5. The first-order valence-corrected chi connectivity index (χ1v) is 42.6. The third kappa shape index (κ3) is 13.3. The van der Waals surface area contributed by atoms with E-state index < -0.39 is 106 Å². The number of amides is 16. The fraction of sp³-hybridized carbons (Fsp3) is 0.0374. The molecule has 0 unspecified atom stereocenters. The standard InChI is InChI=1S/C31H20N2O5.C30H18N2O8.C26H16N4O4.C20H10N2O5/c1-16(2)18-6-4-8-20(14-18)32-28(35)22-10-12-24-27-25(13-11-23(26(22)27)29(32)36)31(38)33(30(24)37)21-9-5-7-19(15-21)17(3)34;1-39-29(37)15-7-3-5-9-21(15)31-25(33)17-11-13-19-24-20(14-12-18(23(17)24)26(31)34)28(36)32(27(19)35)22-10-6-4-8-16(22)30(38)40-2;27-17-5-1-3-7-19(17)29-23(31)13-9-11-15-22-16(12-10-14(21(13)22)24(29)32)26(34)30(25(15)33)20-8-4-2-6-18(20)28;23-14-4-2-1-3-13(14)22-19(26)11-7-5-9-15-10(18(25)21-17(9)24)6-8-12(16(11)15)20(22)27/h4-15H,1H2,2-3H3;3-14H,1-2H3;1-12H,27-28H2;1-8,23H,(H,21,24,25)/p+2. The molecule has 139 heavy (non-hydrogen) atoms. The summed E-state index contributed by atoms with van der Waals surface area (Å²) in [4.78, 5) is 257. The van der Waals surface area contributed by atoms with Crippen LogP contribution in [-0.4, -0.2) is 132 Å². The van der Waals surface area contributed by atoms with Crippen LogP contribution in [0.3, 0.4) is 0 Å². The molecule has 0 bridgehead atoms. The number of anilines is 7. The number of rotatable bonds is 11. The van der Waals surface area contributed by atoms with Crippen LogP contribution in [0.1, 0.15) is 216 Å². The van der Waals surface area contributed by atoms with Crippen molar-refractivity contribution in [2.75, 3.05) is 48.5 Å². The van der Waals surface area contributed by atoms with E-state index in [2.05, 4.69) is 23.4 Å². The Balaban J connectivity index is 0.000000115. The van der Waals surface area contributed by atoms with Gasteiger partial charge in [0.15, 0.2) is 17.2 Å². The normalized spacial score (nSPS) is 14.6. The maximum atomic E-state index is 13.7. The average Bonchev–Trinajstić information content (AvgIpc) is 0.712. The van der Waals surface area contributed by atoms with Crippen LogP contribution in [0.4, 0.5) is 51.2 Å². The number of hydrogen-bond acceptors (Lipinski definition) is 22. The summed E-state index contributed by atoms with van der Waals surface area (Å²) in [7, 11) is 2.38. The van der Waals surface area contributed by atoms with Gasteiger partial charge in [-0.15, -0.1) is 0 Å². The summed E-state index contributed by atoms with van der Waals surface area (Å²) < 4.78 is 9.65. The average molecular weight is 1840 g/mol. The van der Waals surface area contributed by atoms with Crippen molar-refractivity contribution in [1.29, 1.82) is 0 Å². The van der Waals surface area contributed by atoms with Gasteiger partial charge >= 0.3 is 11.9 Å². The van der Waals surface area contributed by atoms with Crippen molar-refractivity contribution in [2.24, 2.45) is 0 Å². The predicted octanol–water partition coefficient (Wildman–Crippen LogP) is 14.1. The zero-order chi connectivity index (χ0) is 97.8. The lowest BCUT2D eigenvalue weighted by Crippen LogP contribution is -2.48. The Morgan fingerprint density at radius 2 is 0.489 bits per heavy atom. The lowest BCUT2D eigenvalue weighted by Gasteiger charge is -2.32. The number of carbonyl (C=O) groups excluding carboxylic acids is 19. The minimum atomic E-state index is -0.726. The number of para-hydroxylation sites is 6. The molecule has 8 N–H and O–H groups in total. The van der Waals surface area contributed by atoms with Gasteiger partial charge in [-0.05, 0) is 189 Å². The van der Waals surface area contributed by atoms with Crippen LogP contribution in [0.5, 0.6) is 5.75 Å². The molecule has 0 saturated carbocycles. The van der Waals surface area contributed by atoms with Crippen LogP contribution in [0, 0.1) is 0 Å². The SMILES string of the molecule is C=C(C)c1cccc(N2C(=O)c3ccc4c5c(ccc(c35)C2=O)C(=O)N(c2cccc(C(C)=O)c2)C4=O)c1.COC(=O)c1ccccc1N1C(=O)c2ccc3c4c(ccc(c24)C1=O)C(=O)N(c1ccccc1C(=O)OC)C3=O.O=C1NC(=O)c2ccc3c4c(ccc1c24)C(=O)N(c1ccccc1O)C3=O.[NH3+]c1ccccc1N1C(=O)c2ccc3c4c(ccc(c24)C1=O)C(=O)N(c1ccccc1[NH3+])C3=O. The van der Waals surface area contributed by atoms with E-state index in [0.717, 1.165) is 45.4 Å². The highest BCUT2D eigenvalue weighted by Gasteiger charge is 2.48. The minimum absolute atomic E-state index is 0.0195. The summed E-state index contributed by atoms with van der Waals surface area (Å²) in [5, 5.41) is 14.5. The molecule has 15 aromatic rings. The number of esters is 2. The molecular weight excluding hydrogens is 1780 g/mol. The number of phenolic OH excluding ortho intramolecular Hbond substituents is 1. The van der Waals surface area contributed by atoms with E-state index in [0.29, 0.717) is 55.5 Å². The lowest BCUT2D eigenvalue weighted by atomic mass is 9.85. The number of phenols is 1. The largest absolute Gasteiger partial charge is 0.506 e. The van der Waals surface area contributed by atoms with Crippen LogP contribution < -0.4 is 51.1 Å². The lowest BCUT2D eigenvalue weighted by molar-refractivity contribution is -0.254. The number of methoxy groups -OCH3 is 2. The minimum Gasteiger partial charge on any atom is -0.506 e. The Morgan fingerprint density at radius 3 is 0.763 bits per heavy atom. The molecular formula is C107H66N10O22+2. The Bertz CT molecular complexity index is 7820. The van der Waals surface area contributed by atoms with Gasteiger partial charge in [-0.2, -0.15) is 0 Å². The van der Waals surface area contributed by atoms with Crippen molar-refractivity contribution in [1.82, 2.24) is 5.32 Å². The molecule has 674 valence electrons. The number of nitrogens with zero attached hydrogens (tertiary/aromatic N) is 7. The molecule has 0 aromatic heterocycles. The van der Waals surface area contributed by atoms with Gasteiger partial charge in [-0.1, -0.05) is 97.1 Å². The zero-order valence-electron chi connectivity index (χ0n) is 73.2. The molecule has 8 aliphatic heterocycles. The highest BCUT2D eigenvalue weighted by atomic mass is 16.5. The summed E-state index contributed by atoms with van der Waals surface area (Å²) in [6, 6.07) is 68.9. The predicted molar refractivity (Wildman–Crippen MR) is 505 cm³/mol. The third-order valence-corrected chi connectivity index (χ3v) is 25.2. The van der Waals surface area contributed by atoms with Crippen molar-refractivity contribution in [3.05, 3.63) is 385 Å². The van der Waals surface area contributed by atoms with E-state index in [1.54, 1.807) is 146 Å². The van der Waals surface area contributed by atoms with Gasteiger partial charge in [0.05, 0.1) is 53.8 Å². The number of nitrogens with one attached hydrogen (secondary N) is 1. The molecule has 32 nitrogen and oxygen atoms in total. The molecule has 8 aliphatic rings. The number of carbonyl (C=O) groups is 19. The first kappa shape index (κ1) is 87.5. The maximum absolute atomic E-state index is 13.7. The number of quaternary nitrogens is 2. The maximum Gasteiger partial charge on any atom is 0.339 e. The molecule has 0 saturated heterocycles. The molecule has 16 amide bonds. The topological polar surface area (TPSA) is 453 Å². The number of hydrogen-bond donors (Lipinski definition) is 4. The summed E-state index contributed by atoms with van der Waals surface area (Å²) >= 11 is 0. The van der Waals surface area contributed by atoms with Gasteiger partial charge in [0, 0.05) is 150 Å². The van der Waals surface area contributed by atoms with Crippen LogP contribution in [0.25, 0.3) is 48.7 Å². The smallest absolute Gasteiger partial charge is 0.339 e. The number of benzene rings is 15. The summed E-state index contributed by atoms with van der Waals surface area (Å²) in [5.74, 6) is -11.5. The molecule has 15 aromatic carbocycles. The monoisotopic (exact) mass is 1840 g/mol. The van der Waals surface area contributed by atoms with Crippen molar-refractivity contribution in [3.8, 4) is 5.75 Å². The number of Topliss-reactive ketones (excluding diaryl/α,β-unsaturated/α-hetero) is 1. The van der Waals surface area contributed by atoms with E-state index in [1.807, 2.05) is 13.0 Å². The first-order chi connectivity index (χ1) is 66.9. The van der Waals surface area contributed by atoms with Crippen molar-refractivity contribution >= 4 is 212 Å². The van der Waals surface area contributed by atoms with Crippen molar-refractivity contribution in [3.63, 3.8) is 0 Å². The van der Waals surface area contributed by atoms with Gasteiger partial charge in [-0.25, -0.2) is 43.9 Å². The molecule has 0 atom stereocenters. The van der Waals surface area contributed by atoms with E-state index in [9.17, 15) is 96.2 Å². The second-order valence-electron chi connectivity index (χ2n) is 32.9. The Kier molecular flexibility index (Phi) is 20.8. The van der Waals surface area contributed by atoms with Gasteiger partial charge in [0.1, 0.15) is 17.1 Å². The highest BCUT2D eigenvalue weighted by molar-refractivity contribution is 6.47. The van der Waals surface area contributed by atoms with E-state index in [4.69, 9.17) is 9.47 Å². The van der Waals surface area contributed by atoms with E-state index >= 15 is 0 Å². The summed E-state index contributed by atoms with van der Waals surface area (Å²) in [5.41, 5.74) is 15.6. The van der Waals surface area contributed by atoms with Gasteiger partial charge in [0.25, 0.3) is 94.5 Å². The van der Waals surface area contributed by atoms with E-state index in [-0.39, 0.29) is 156 Å². The molecule has 0 aliphatic carbocycles. The highest BCUT2D eigenvalue weighted by Crippen LogP contribution is 2.48. The third-order valence-electron chi connectivity index (χ3n) is 25.2. The fourth-order valence-corrected chi connectivity index (χ4v) is 18.8. The second kappa shape index (κ2) is 33.1. The zero-order valence-corrected chi connectivity index (χ0v) is 73.2. The summed E-state index contributed by atoms with van der Waals surface area (Å²) in [6.45, 7) is 7.18. The van der Waals surface area contributed by atoms with E-state index in [1.165, 1.54) is 136 Å². The van der Waals surface area contributed by atoms with Crippen LogP contribution in [0.2, 0.25) is 0 Å². The molecule has 0 fully saturated rings. The summed E-state index contributed by atoms with van der Waals surface area (Å²) in [6.07, 6.45) is 0. The first-order valence-electron chi connectivity index (χ1n) is 42.6. The molecule has 8 heterocycles. The van der Waals surface area contributed by atoms with Crippen LogP contribution in [-0.2, 0) is 9.47 Å². The van der Waals surface area contributed by atoms with Crippen LogP contribution in [0.15, 0.2) is 273 Å². The quantitative estimate of drug-likeness (QED) is 0.0531. The number of allylic oxidation sites excluding steroid dienone is 1. The number of ketones is 1. The molecule has 0 spiro atoms. The molecule has 0 radical (unpaired) electrons. The second-order valence-corrected chi connectivity index (χ2v) is 32.9. The van der Waals surface area contributed by atoms with Gasteiger partial charge in [-0.3, -0.25) is 86.8 Å². The molecule has 32 heteroatoms. The fourth-order valence-electron chi connectivity index (χ4n) is 18.8. The van der Waals surface area contributed by atoms with Crippen molar-refractivity contribution < 1.29 is 117 Å². The Labute approximate surface area is 783 Å². The van der Waals surface area contributed by atoms with Crippen molar-refractivity contribution in [2.45, 2.75) is 13.8 Å². The molecule has 23 rings (SSSR count). The number of ether oxygens (including phenoxy) is 2.